The fraction of sp³-hybridized carbons (Fsp3) is 0.267. The molecule has 3 aromatic rings. The molecular weight excluding hydrogens is 502 g/mol. The van der Waals surface area contributed by atoms with Crippen molar-refractivity contribution in [3.63, 3.8) is 0 Å². The lowest BCUT2D eigenvalue weighted by Gasteiger charge is -2.18. The van der Waals surface area contributed by atoms with Crippen LogP contribution >= 0.6 is 0 Å². The molecule has 1 aromatic heterocycles. The van der Waals surface area contributed by atoms with Crippen LogP contribution in [0.5, 0.6) is 34.5 Å². The number of methoxy groups -OCH3 is 6. The monoisotopic (exact) mass is 533 g/mol. The normalized spacial score (nSPS) is 12.9. The van der Waals surface area contributed by atoms with Gasteiger partial charge in [-0.15, -0.1) is 0 Å². The summed E-state index contributed by atoms with van der Waals surface area (Å²) in [5, 5.41) is 0. The number of allylic oxidation sites excluding steroid dienone is 4. The molecule has 1 aliphatic rings. The quantitative estimate of drug-likeness (QED) is 0.224. The minimum absolute atomic E-state index is 0.212. The number of carbonyl (C=O) groups is 1. The molecule has 0 unspecified atom stereocenters. The van der Waals surface area contributed by atoms with Crippen molar-refractivity contribution in [2.75, 3.05) is 42.7 Å². The van der Waals surface area contributed by atoms with Crippen LogP contribution in [0, 0.1) is 0 Å². The third-order valence-corrected chi connectivity index (χ3v) is 6.27. The highest BCUT2D eigenvalue weighted by molar-refractivity contribution is 6.25. The maximum absolute atomic E-state index is 13.9. The Labute approximate surface area is 227 Å². The fourth-order valence-electron chi connectivity index (χ4n) is 4.43. The molecular formula is C30H31NO8. The highest BCUT2D eigenvalue weighted by atomic mass is 16.5. The van der Waals surface area contributed by atoms with Crippen LogP contribution in [0.15, 0.2) is 75.4 Å². The van der Waals surface area contributed by atoms with Gasteiger partial charge in [0.1, 0.15) is 5.76 Å². The molecule has 0 bridgehead atoms. The SMILES string of the molecule is COc1cc(C(=O)C2=CCC=C2C(=NCc2ccco2)c2cc(OC)c(OC)c(OC)c2)cc(OC)c1OC. The zero-order valence-electron chi connectivity index (χ0n) is 22.8. The van der Waals surface area contributed by atoms with Crippen molar-refractivity contribution in [1.82, 2.24) is 0 Å². The molecule has 2 aromatic carbocycles. The van der Waals surface area contributed by atoms with Crippen LogP contribution < -0.4 is 28.4 Å². The zero-order chi connectivity index (χ0) is 27.9. The molecule has 0 atom stereocenters. The van der Waals surface area contributed by atoms with Crippen molar-refractivity contribution in [1.29, 1.82) is 0 Å². The highest BCUT2D eigenvalue weighted by Gasteiger charge is 2.27. The molecule has 1 heterocycles. The number of furan rings is 1. The van der Waals surface area contributed by atoms with Gasteiger partial charge in [-0.1, -0.05) is 12.2 Å². The largest absolute Gasteiger partial charge is 0.493 e. The maximum atomic E-state index is 13.9. The van der Waals surface area contributed by atoms with E-state index in [-0.39, 0.29) is 12.3 Å². The summed E-state index contributed by atoms with van der Waals surface area (Å²) >= 11 is 0. The summed E-state index contributed by atoms with van der Waals surface area (Å²) < 4.78 is 38.5. The molecule has 204 valence electrons. The number of Topliss-reactive ketones (excluding diaryl/α,β-unsaturated/α-hetero) is 1. The Kier molecular flexibility index (Phi) is 8.60. The van der Waals surface area contributed by atoms with Crippen molar-refractivity contribution in [2.45, 2.75) is 13.0 Å². The lowest BCUT2D eigenvalue weighted by molar-refractivity contribution is 0.103. The number of nitrogens with zero attached hydrogens (tertiary/aromatic N) is 1. The zero-order valence-corrected chi connectivity index (χ0v) is 22.8. The van der Waals surface area contributed by atoms with E-state index in [4.69, 9.17) is 37.8 Å². The van der Waals surface area contributed by atoms with E-state index in [0.717, 1.165) is 0 Å². The first-order valence-corrected chi connectivity index (χ1v) is 12.1. The molecule has 0 amide bonds. The molecule has 0 aliphatic heterocycles. The summed E-state index contributed by atoms with van der Waals surface area (Å²) in [5.74, 6) is 3.05. The number of hydrogen-bond acceptors (Lipinski definition) is 9. The van der Waals surface area contributed by atoms with E-state index in [1.54, 1.807) is 45.8 Å². The summed E-state index contributed by atoms with van der Waals surface area (Å²) in [6.07, 6.45) is 6.00. The summed E-state index contributed by atoms with van der Waals surface area (Å²) in [4.78, 5) is 18.8. The second-order valence-electron chi connectivity index (χ2n) is 8.37. The average Bonchev–Trinajstić information content (AvgIpc) is 3.68. The van der Waals surface area contributed by atoms with E-state index in [9.17, 15) is 4.79 Å². The lowest BCUT2D eigenvalue weighted by Crippen LogP contribution is -2.14. The number of hydrogen-bond donors (Lipinski definition) is 0. The number of benzene rings is 2. The van der Waals surface area contributed by atoms with Crippen LogP contribution in [0.2, 0.25) is 0 Å². The number of ether oxygens (including phenoxy) is 6. The number of ketones is 1. The first kappa shape index (κ1) is 27.4. The topological polar surface area (TPSA) is 98.0 Å². The minimum Gasteiger partial charge on any atom is -0.493 e. The van der Waals surface area contributed by atoms with Crippen molar-refractivity contribution >= 4 is 11.5 Å². The van der Waals surface area contributed by atoms with Gasteiger partial charge in [0.05, 0.1) is 61.2 Å². The van der Waals surface area contributed by atoms with Crippen LogP contribution in [-0.2, 0) is 6.54 Å². The summed E-state index contributed by atoms with van der Waals surface area (Å²) in [6.45, 7) is 0.266. The summed E-state index contributed by atoms with van der Waals surface area (Å²) in [7, 11) is 9.18. The van der Waals surface area contributed by atoms with Gasteiger partial charge < -0.3 is 32.8 Å². The van der Waals surface area contributed by atoms with Gasteiger partial charge in [0.2, 0.25) is 11.5 Å². The Morgan fingerprint density at radius 3 is 1.72 bits per heavy atom. The fourth-order valence-corrected chi connectivity index (χ4v) is 4.43. The molecule has 9 nitrogen and oxygen atoms in total. The Hall–Kier alpha value is -4.66. The van der Waals surface area contributed by atoms with Gasteiger partial charge in [0, 0.05) is 22.3 Å². The summed E-state index contributed by atoms with van der Waals surface area (Å²) in [5.41, 5.74) is 2.83. The predicted molar refractivity (Wildman–Crippen MR) is 146 cm³/mol. The first-order chi connectivity index (χ1) is 19.0. The van der Waals surface area contributed by atoms with Crippen LogP contribution in [0.4, 0.5) is 0 Å². The molecule has 0 saturated heterocycles. The van der Waals surface area contributed by atoms with Crippen LogP contribution in [0.3, 0.4) is 0 Å². The third kappa shape index (κ3) is 5.47. The Morgan fingerprint density at radius 1 is 0.744 bits per heavy atom. The Balaban J connectivity index is 1.81. The van der Waals surface area contributed by atoms with Gasteiger partial charge in [-0.3, -0.25) is 9.79 Å². The molecule has 0 saturated carbocycles. The standard InChI is InChI=1S/C30H31NO8/c1-33-23-13-18(14-24(34-2)29(23)37-5)27(31-17-20-9-8-12-39-20)21-10-7-11-22(21)28(32)19-15-25(35-3)30(38-6)26(16-19)36-4/h8-16H,7,17H2,1-6H3. The van der Waals surface area contributed by atoms with Crippen molar-refractivity contribution in [2.24, 2.45) is 4.99 Å². The summed E-state index contributed by atoms with van der Waals surface area (Å²) in [6, 6.07) is 10.5. The molecule has 9 heteroatoms. The van der Waals surface area contributed by atoms with E-state index in [1.807, 2.05) is 30.4 Å². The van der Waals surface area contributed by atoms with E-state index in [2.05, 4.69) is 0 Å². The molecule has 0 spiro atoms. The van der Waals surface area contributed by atoms with E-state index in [0.29, 0.717) is 74.7 Å². The molecule has 0 N–H and O–H groups in total. The van der Waals surface area contributed by atoms with Crippen molar-refractivity contribution < 1.29 is 37.6 Å². The molecule has 0 fully saturated rings. The Bertz CT molecular complexity index is 1380. The van der Waals surface area contributed by atoms with Crippen LogP contribution in [0.1, 0.15) is 28.1 Å². The van der Waals surface area contributed by atoms with Gasteiger partial charge in [0.15, 0.2) is 28.8 Å². The Morgan fingerprint density at radius 2 is 1.26 bits per heavy atom. The van der Waals surface area contributed by atoms with Crippen molar-refractivity contribution in [3.8, 4) is 34.5 Å². The molecule has 39 heavy (non-hydrogen) atoms. The number of aliphatic imine (C=N–C) groups is 1. The molecule has 1 aliphatic carbocycles. The van der Waals surface area contributed by atoms with Gasteiger partial charge in [-0.2, -0.15) is 0 Å². The first-order valence-electron chi connectivity index (χ1n) is 12.1. The van der Waals surface area contributed by atoms with Gasteiger partial charge in [-0.05, 0) is 42.8 Å². The van der Waals surface area contributed by atoms with Crippen molar-refractivity contribution in [3.05, 3.63) is 82.8 Å². The van der Waals surface area contributed by atoms with E-state index in [1.165, 1.54) is 21.3 Å². The highest BCUT2D eigenvalue weighted by Crippen LogP contribution is 2.41. The van der Waals surface area contributed by atoms with E-state index < -0.39 is 0 Å². The van der Waals surface area contributed by atoms with E-state index >= 15 is 0 Å². The molecule has 0 radical (unpaired) electrons. The number of rotatable bonds is 12. The van der Waals surface area contributed by atoms with Gasteiger partial charge >= 0.3 is 0 Å². The van der Waals surface area contributed by atoms with Crippen LogP contribution in [0.25, 0.3) is 0 Å². The molecule has 4 rings (SSSR count). The average molecular weight is 534 g/mol. The second-order valence-corrected chi connectivity index (χ2v) is 8.37. The maximum Gasteiger partial charge on any atom is 0.203 e. The lowest BCUT2D eigenvalue weighted by atomic mass is 9.92. The second kappa shape index (κ2) is 12.3. The van der Waals surface area contributed by atoms with Gasteiger partial charge in [0.25, 0.3) is 0 Å². The number of carbonyl (C=O) groups excluding carboxylic acids is 1. The van der Waals surface area contributed by atoms with Gasteiger partial charge in [-0.25, -0.2) is 0 Å². The third-order valence-electron chi connectivity index (χ3n) is 6.27. The van der Waals surface area contributed by atoms with Crippen LogP contribution in [-0.4, -0.2) is 54.2 Å². The minimum atomic E-state index is -0.212. The smallest absolute Gasteiger partial charge is 0.203 e. The predicted octanol–water partition coefficient (Wildman–Crippen LogP) is 5.46.